The van der Waals surface area contributed by atoms with Gasteiger partial charge in [-0.3, -0.25) is 19.5 Å². The van der Waals surface area contributed by atoms with E-state index in [1.165, 1.54) is 28.8 Å². The molecule has 1 aromatic carbocycles. The quantitative estimate of drug-likeness (QED) is 0.327. The van der Waals surface area contributed by atoms with Gasteiger partial charge in [-0.2, -0.15) is 0 Å². The third kappa shape index (κ3) is 6.16. The van der Waals surface area contributed by atoms with Crippen LogP contribution in [-0.2, 0) is 14.3 Å². The SMILES string of the molecule is O=C(CSc1nnc(-c2ccc([N+](=O)[O-])cc2)n1C=CC[NH+]1CCOCC1)N1CCOCC1. The molecule has 1 N–H and O–H groups in total. The van der Waals surface area contributed by atoms with Crippen LogP contribution in [0.2, 0.25) is 0 Å². The van der Waals surface area contributed by atoms with Crippen LogP contribution in [0.4, 0.5) is 5.69 Å². The number of nitro benzene ring substituents is 1. The van der Waals surface area contributed by atoms with Crippen molar-refractivity contribution in [2.45, 2.75) is 5.16 Å². The molecule has 0 saturated carbocycles. The monoisotopic (exact) mass is 475 g/mol. The molecule has 33 heavy (non-hydrogen) atoms. The molecule has 4 rings (SSSR count). The van der Waals surface area contributed by atoms with Crippen LogP contribution in [-0.4, -0.2) is 95.4 Å². The molecule has 0 aliphatic carbocycles. The van der Waals surface area contributed by atoms with Gasteiger partial charge in [0, 0.05) is 37.0 Å². The Hall–Kier alpha value is -2.80. The Morgan fingerprint density at radius 1 is 1.12 bits per heavy atom. The summed E-state index contributed by atoms with van der Waals surface area (Å²) in [6.07, 6.45) is 3.98. The summed E-state index contributed by atoms with van der Waals surface area (Å²) in [7, 11) is 0. The maximum atomic E-state index is 12.6. The first-order chi connectivity index (χ1) is 16.1. The highest BCUT2D eigenvalue weighted by Crippen LogP contribution is 2.26. The number of non-ortho nitro benzene ring substituents is 1. The normalized spacial score (nSPS) is 17.5. The number of thioether (sulfide) groups is 1. The lowest BCUT2D eigenvalue weighted by molar-refractivity contribution is -0.902. The second kappa shape index (κ2) is 11.4. The fraction of sp³-hybridized carbons (Fsp3) is 0.476. The van der Waals surface area contributed by atoms with Crippen LogP contribution in [0.3, 0.4) is 0 Å². The summed E-state index contributed by atoms with van der Waals surface area (Å²) >= 11 is 1.33. The molecule has 0 bridgehead atoms. The average molecular weight is 476 g/mol. The molecule has 0 radical (unpaired) electrons. The first-order valence-electron chi connectivity index (χ1n) is 10.9. The third-order valence-electron chi connectivity index (χ3n) is 5.55. The number of nitrogens with zero attached hydrogens (tertiary/aromatic N) is 5. The Labute approximate surface area is 195 Å². The van der Waals surface area contributed by atoms with Crippen LogP contribution < -0.4 is 4.90 Å². The number of morpholine rings is 2. The van der Waals surface area contributed by atoms with Crippen molar-refractivity contribution in [3.05, 3.63) is 40.5 Å². The van der Waals surface area contributed by atoms with Crippen LogP contribution in [0.25, 0.3) is 17.6 Å². The topological polar surface area (TPSA) is 117 Å². The van der Waals surface area contributed by atoms with E-state index in [-0.39, 0.29) is 17.3 Å². The zero-order valence-electron chi connectivity index (χ0n) is 18.2. The maximum absolute atomic E-state index is 12.6. The smallest absolute Gasteiger partial charge is 0.269 e. The van der Waals surface area contributed by atoms with Gasteiger partial charge in [0.2, 0.25) is 5.91 Å². The first-order valence-corrected chi connectivity index (χ1v) is 11.9. The molecule has 1 amide bonds. The summed E-state index contributed by atoms with van der Waals surface area (Å²) in [6.45, 7) is 6.58. The number of ether oxygens (including phenoxy) is 2. The molecular formula is C21H27N6O5S+. The summed E-state index contributed by atoms with van der Waals surface area (Å²) < 4.78 is 12.6. The lowest BCUT2D eigenvalue weighted by Gasteiger charge is -2.26. The number of carbonyl (C=O) groups is 1. The minimum atomic E-state index is -0.432. The minimum Gasteiger partial charge on any atom is -0.378 e. The fourth-order valence-corrected chi connectivity index (χ4v) is 4.48. The van der Waals surface area contributed by atoms with E-state index < -0.39 is 4.92 Å². The number of benzene rings is 1. The molecule has 1 aromatic heterocycles. The lowest BCUT2D eigenvalue weighted by Crippen LogP contribution is -3.13. The molecule has 0 spiro atoms. The summed E-state index contributed by atoms with van der Waals surface area (Å²) in [4.78, 5) is 26.4. The van der Waals surface area contributed by atoms with Crippen LogP contribution in [0, 0.1) is 10.1 Å². The van der Waals surface area contributed by atoms with E-state index >= 15 is 0 Å². The Balaban J connectivity index is 1.51. The van der Waals surface area contributed by atoms with E-state index in [4.69, 9.17) is 9.47 Å². The van der Waals surface area contributed by atoms with E-state index in [1.54, 1.807) is 17.0 Å². The molecule has 3 heterocycles. The zero-order chi connectivity index (χ0) is 23.0. The third-order valence-corrected chi connectivity index (χ3v) is 6.48. The molecule has 2 aliphatic heterocycles. The van der Waals surface area contributed by atoms with Crippen molar-refractivity contribution in [2.75, 3.05) is 64.9 Å². The molecule has 2 saturated heterocycles. The van der Waals surface area contributed by atoms with E-state index in [9.17, 15) is 14.9 Å². The molecule has 0 unspecified atom stereocenters. The van der Waals surface area contributed by atoms with E-state index in [1.807, 2.05) is 10.8 Å². The second-order valence-electron chi connectivity index (χ2n) is 7.71. The van der Waals surface area contributed by atoms with Gasteiger partial charge in [0.05, 0.1) is 43.6 Å². The summed E-state index contributed by atoms with van der Waals surface area (Å²) in [5.74, 6) is 0.858. The van der Waals surface area contributed by atoms with Crippen molar-refractivity contribution in [3.63, 3.8) is 0 Å². The molecule has 176 valence electrons. The number of amides is 1. The number of hydrogen-bond acceptors (Lipinski definition) is 8. The van der Waals surface area contributed by atoms with Gasteiger partial charge in [0.15, 0.2) is 11.0 Å². The first kappa shape index (κ1) is 23.4. The number of carbonyl (C=O) groups excluding carboxylic acids is 1. The van der Waals surface area contributed by atoms with E-state index in [0.717, 1.165) is 32.8 Å². The Bertz CT molecular complexity index is 984. The maximum Gasteiger partial charge on any atom is 0.269 e. The summed E-state index contributed by atoms with van der Waals surface area (Å²) in [5.41, 5.74) is 0.727. The predicted octanol–water partition coefficient (Wildman–Crippen LogP) is 0.190. The second-order valence-corrected chi connectivity index (χ2v) is 8.66. The highest BCUT2D eigenvalue weighted by atomic mass is 32.2. The molecule has 0 atom stereocenters. The molecule has 2 aromatic rings. The van der Waals surface area contributed by atoms with Crippen molar-refractivity contribution in [2.24, 2.45) is 0 Å². The van der Waals surface area contributed by atoms with Gasteiger partial charge in [0.1, 0.15) is 13.1 Å². The average Bonchev–Trinajstić information content (AvgIpc) is 3.26. The summed E-state index contributed by atoms with van der Waals surface area (Å²) in [6, 6.07) is 6.22. The van der Waals surface area contributed by atoms with Gasteiger partial charge >= 0.3 is 0 Å². The number of nitro groups is 1. The predicted molar refractivity (Wildman–Crippen MR) is 122 cm³/mol. The van der Waals surface area contributed by atoms with Gasteiger partial charge < -0.3 is 19.3 Å². The van der Waals surface area contributed by atoms with Crippen LogP contribution in [0.1, 0.15) is 0 Å². The minimum absolute atomic E-state index is 0.0157. The highest BCUT2D eigenvalue weighted by Gasteiger charge is 2.20. The molecule has 2 aliphatic rings. The van der Waals surface area contributed by atoms with Gasteiger partial charge in [-0.1, -0.05) is 11.8 Å². The van der Waals surface area contributed by atoms with Gasteiger partial charge in [-0.15, -0.1) is 10.2 Å². The van der Waals surface area contributed by atoms with Crippen molar-refractivity contribution in [3.8, 4) is 11.4 Å². The van der Waals surface area contributed by atoms with Crippen LogP contribution >= 0.6 is 11.8 Å². The van der Waals surface area contributed by atoms with Crippen molar-refractivity contribution in [1.29, 1.82) is 0 Å². The molecule has 11 nitrogen and oxygen atoms in total. The lowest BCUT2D eigenvalue weighted by atomic mass is 10.2. The van der Waals surface area contributed by atoms with Gasteiger partial charge in [-0.25, -0.2) is 0 Å². The zero-order valence-corrected chi connectivity index (χ0v) is 19.0. The summed E-state index contributed by atoms with van der Waals surface area (Å²) in [5, 5.41) is 20.2. The number of rotatable bonds is 8. The largest absolute Gasteiger partial charge is 0.378 e. The molecular weight excluding hydrogens is 448 g/mol. The highest BCUT2D eigenvalue weighted by molar-refractivity contribution is 7.99. The molecule has 2 fully saturated rings. The Morgan fingerprint density at radius 3 is 2.52 bits per heavy atom. The van der Waals surface area contributed by atoms with Crippen molar-refractivity contribution in [1.82, 2.24) is 19.7 Å². The number of nitrogens with one attached hydrogen (secondary N) is 1. The standard InChI is InChI=1S/C21H26N6O5S/c28-19(25-10-14-32-15-11-25)16-33-21-23-22-20(17-2-4-18(5-3-17)27(29)30)26(21)7-1-6-24-8-12-31-13-9-24/h1-5,7H,6,8-16H2/p+1. The number of hydrogen-bond donors (Lipinski definition) is 1. The van der Waals surface area contributed by atoms with Crippen LogP contribution in [0.5, 0.6) is 0 Å². The van der Waals surface area contributed by atoms with Crippen molar-refractivity contribution < 1.29 is 24.1 Å². The molecule has 12 heteroatoms. The Morgan fingerprint density at radius 2 is 1.82 bits per heavy atom. The Kier molecular flexibility index (Phi) is 8.05. The van der Waals surface area contributed by atoms with E-state index in [2.05, 4.69) is 16.3 Å². The fourth-order valence-electron chi connectivity index (χ4n) is 3.66. The van der Waals surface area contributed by atoms with E-state index in [0.29, 0.717) is 42.8 Å². The number of aromatic nitrogens is 3. The van der Waals surface area contributed by atoms with Crippen molar-refractivity contribution >= 4 is 29.6 Å². The van der Waals surface area contributed by atoms with Crippen LogP contribution in [0.15, 0.2) is 35.5 Å². The number of quaternary nitrogens is 1. The van der Waals surface area contributed by atoms with Gasteiger partial charge in [-0.05, 0) is 18.2 Å². The van der Waals surface area contributed by atoms with Gasteiger partial charge in [0.25, 0.3) is 5.69 Å².